The molecule has 0 aromatic carbocycles. The standard InChI is InChI=1S/C19H32N6/c1-20-16-7-6-8-17(16)23-19-22-15-9-10-21-13-14(15)18(24-19)25-11-4-2-3-5-12-25/h16-17,20-21H,2-13H2,1H3,(H,22,23,24). The average Bonchev–Trinajstić information content (AvgIpc) is 2.91. The number of hydrogen-bond donors (Lipinski definition) is 3. The molecule has 3 N–H and O–H groups in total. The van der Waals surface area contributed by atoms with E-state index in [2.05, 4.69) is 27.9 Å². The molecule has 138 valence electrons. The number of likely N-dealkylation sites (N-methyl/N-ethyl adjacent to an activating group) is 1. The number of hydrogen-bond acceptors (Lipinski definition) is 6. The topological polar surface area (TPSA) is 65.1 Å². The number of aromatic nitrogens is 2. The maximum atomic E-state index is 5.02. The lowest BCUT2D eigenvalue weighted by molar-refractivity contribution is 0.537. The van der Waals surface area contributed by atoms with Gasteiger partial charge in [0, 0.05) is 50.2 Å². The van der Waals surface area contributed by atoms with E-state index in [9.17, 15) is 0 Å². The van der Waals surface area contributed by atoms with Crippen molar-refractivity contribution in [2.45, 2.75) is 70.0 Å². The average molecular weight is 345 g/mol. The first-order chi connectivity index (χ1) is 12.3. The normalized spacial score (nSPS) is 27.0. The number of fused-ring (bicyclic) bond motifs is 1. The van der Waals surface area contributed by atoms with Gasteiger partial charge in [0.2, 0.25) is 5.95 Å². The Balaban J connectivity index is 1.62. The van der Waals surface area contributed by atoms with Gasteiger partial charge in [-0.1, -0.05) is 12.8 Å². The van der Waals surface area contributed by atoms with E-state index >= 15 is 0 Å². The second-order valence-corrected chi connectivity index (χ2v) is 7.70. The van der Waals surface area contributed by atoms with Crippen LogP contribution in [0.25, 0.3) is 0 Å². The van der Waals surface area contributed by atoms with Crippen LogP contribution in [-0.2, 0) is 13.0 Å². The third-order valence-electron chi connectivity index (χ3n) is 6.02. The fraction of sp³-hybridized carbons (Fsp3) is 0.789. The molecule has 6 nitrogen and oxygen atoms in total. The van der Waals surface area contributed by atoms with Crippen molar-refractivity contribution in [1.82, 2.24) is 20.6 Å². The minimum atomic E-state index is 0.446. The van der Waals surface area contributed by atoms with Crippen LogP contribution in [0, 0.1) is 0 Å². The number of anilines is 2. The second-order valence-electron chi connectivity index (χ2n) is 7.70. The van der Waals surface area contributed by atoms with Gasteiger partial charge in [0.1, 0.15) is 5.82 Å². The Labute approximate surface area is 151 Å². The van der Waals surface area contributed by atoms with Crippen molar-refractivity contribution < 1.29 is 0 Å². The summed E-state index contributed by atoms with van der Waals surface area (Å²) in [6.07, 6.45) is 9.97. The summed E-state index contributed by atoms with van der Waals surface area (Å²) in [7, 11) is 2.06. The van der Waals surface area contributed by atoms with Gasteiger partial charge in [-0.25, -0.2) is 4.98 Å². The molecule has 2 fully saturated rings. The van der Waals surface area contributed by atoms with Crippen molar-refractivity contribution in [2.75, 3.05) is 36.9 Å². The molecule has 3 aliphatic rings. The number of rotatable bonds is 4. The lowest BCUT2D eigenvalue weighted by Gasteiger charge is -2.29. The molecule has 1 saturated heterocycles. The highest BCUT2D eigenvalue weighted by atomic mass is 15.2. The van der Waals surface area contributed by atoms with E-state index < -0.39 is 0 Å². The molecule has 2 unspecified atom stereocenters. The molecule has 0 bridgehead atoms. The van der Waals surface area contributed by atoms with Gasteiger partial charge in [0.15, 0.2) is 0 Å². The molecule has 3 heterocycles. The van der Waals surface area contributed by atoms with Gasteiger partial charge < -0.3 is 20.9 Å². The smallest absolute Gasteiger partial charge is 0.225 e. The van der Waals surface area contributed by atoms with Crippen molar-refractivity contribution in [2.24, 2.45) is 0 Å². The lowest BCUT2D eigenvalue weighted by atomic mass is 10.1. The Bertz CT molecular complexity index is 582. The van der Waals surface area contributed by atoms with Crippen LogP contribution < -0.4 is 20.9 Å². The largest absolute Gasteiger partial charge is 0.356 e. The van der Waals surface area contributed by atoms with Crippen LogP contribution in [0.1, 0.15) is 56.2 Å². The van der Waals surface area contributed by atoms with Gasteiger partial charge >= 0.3 is 0 Å². The van der Waals surface area contributed by atoms with Crippen LogP contribution in [0.2, 0.25) is 0 Å². The maximum absolute atomic E-state index is 5.02. The summed E-state index contributed by atoms with van der Waals surface area (Å²) >= 11 is 0. The zero-order chi connectivity index (χ0) is 17.1. The van der Waals surface area contributed by atoms with Crippen LogP contribution in [-0.4, -0.2) is 48.7 Å². The maximum Gasteiger partial charge on any atom is 0.225 e. The Hall–Kier alpha value is -1.40. The van der Waals surface area contributed by atoms with E-state index in [-0.39, 0.29) is 0 Å². The van der Waals surface area contributed by atoms with E-state index in [0.29, 0.717) is 12.1 Å². The molecule has 0 radical (unpaired) electrons. The molecule has 0 spiro atoms. The fourth-order valence-electron chi connectivity index (χ4n) is 4.58. The third-order valence-corrected chi connectivity index (χ3v) is 6.02. The Morgan fingerprint density at radius 1 is 1.00 bits per heavy atom. The summed E-state index contributed by atoms with van der Waals surface area (Å²) in [6, 6.07) is 0.977. The van der Waals surface area contributed by atoms with E-state index in [4.69, 9.17) is 9.97 Å². The molecule has 1 aromatic rings. The van der Waals surface area contributed by atoms with Crippen LogP contribution >= 0.6 is 0 Å². The van der Waals surface area contributed by atoms with Gasteiger partial charge in [-0.05, 0) is 39.2 Å². The molecular formula is C19H32N6. The molecular weight excluding hydrogens is 312 g/mol. The Kier molecular flexibility index (Phi) is 5.36. The molecule has 2 aliphatic heterocycles. The predicted octanol–water partition coefficient (Wildman–Crippen LogP) is 2.06. The molecule has 1 saturated carbocycles. The molecule has 2 atom stereocenters. The van der Waals surface area contributed by atoms with Gasteiger partial charge in [-0.3, -0.25) is 0 Å². The summed E-state index contributed by atoms with van der Waals surface area (Å²) in [6.45, 7) is 4.19. The van der Waals surface area contributed by atoms with Crippen molar-refractivity contribution >= 4 is 11.8 Å². The van der Waals surface area contributed by atoms with E-state index in [1.165, 1.54) is 62.0 Å². The molecule has 1 aromatic heterocycles. The van der Waals surface area contributed by atoms with Crippen molar-refractivity contribution in [3.05, 3.63) is 11.3 Å². The lowest BCUT2D eigenvalue weighted by Crippen LogP contribution is -2.39. The quantitative estimate of drug-likeness (QED) is 0.777. The van der Waals surface area contributed by atoms with Gasteiger partial charge in [-0.15, -0.1) is 0 Å². The summed E-state index contributed by atoms with van der Waals surface area (Å²) < 4.78 is 0. The molecule has 0 amide bonds. The summed E-state index contributed by atoms with van der Waals surface area (Å²) in [4.78, 5) is 12.4. The number of nitrogens with one attached hydrogen (secondary N) is 3. The van der Waals surface area contributed by atoms with Crippen molar-refractivity contribution in [1.29, 1.82) is 0 Å². The Morgan fingerprint density at radius 3 is 2.60 bits per heavy atom. The van der Waals surface area contributed by atoms with Crippen LogP contribution in [0.5, 0.6) is 0 Å². The third kappa shape index (κ3) is 3.75. The molecule has 1 aliphatic carbocycles. The first-order valence-electron chi connectivity index (χ1n) is 10.1. The second kappa shape index (κ2) is 7.87. The fourth-order valence-corrected chi connectivity index (χ4v) is 4.58. The predicted molar refractivity (Wildman–Crippen MR) is 102 cm³/mol. The van der Waals surface area contributed by atoms with E-state index in [1.54, 1.807) is 0 Å². The van der Waals surface area contributed by atoms with Gasteiger partial charge in [0.05, 0.1) is 5.69 Å². The minimum Gasteiger partial charge on any atom is -0.356 e. The van der Waals surface area contributed by atoms with E-state index in [1.807, 2.05) is 0 Å². The van der Waals surface area contributed by atoms with Crippen LogP contribution in [0.15, 0.2) is 0 Å². The molecule has 4 rings (SSSR count). The van der Waals surface area contributed by atoms with Crippen molar-refractivity contribution in [3.63, 3.8) is 0 Å². The van der Waals surface area contributed by atoms with E-state index in [0.717, 1.165) is 38.5 Å². The first-order valence-corrected chi connectivity index (χ1v) is 10.1. The minimum absolute atomic E-state index is 0.446. The van der Waals surface area contributed by atoms with Crippen LogP contribution in [0.3, 0.4) is 0 Å². The SMILES string of the molecule is CNC1CCCC1Nc1nc2c(c(N3CCCCCC3)n1)CNCC2. The highest BCUT2D eigenvalue weighted by molar-refractivity contribution is 5.54. The van der Waals surface area contributed by atoms with Crippen LogP contribution in [0.4, 0.5) is 11.8 Å². The van der Waals surface area contributed by atoms with Crippen molar-refractivity contribution in [3.8, 4) is 0 Å². The zero-order valence-electron chi connectivity index (χ0n) is 15.5. The first kappa shape index (κ1) is 17.0. The summed E-state index contributed by atoms with van der Waals surface area (Å²) in [5.41, 5.74) is 2.57. The monoisotopic (exact) mass is 344 g/mol. The van der Waals surface area contributed by atoms with Gasteiger partial charge in [0.25, 0.3) is 0 Å². The molecule has 6 heteroatoms. The molecule has 25 heavy (non-hydrogen) atoms. The highest BCUT2D eigenvalue weighted by Crippen LogP contribution is 2.29. The highest BCUT2D eigenvalue weighted by Gasteiger charge is 2.28. The number of nitrogens with zero attached hydrogens (tertiary/aromatic N) is 3. The van der Waals surface area contributed by atoms with Gasteiger partial charge in [-0.2, -0.15) is 4.98 Å². The summed E-state index contributed by atoms with van der Waals surface area (Å²) in [5.74, 6) is 2.02. The zero-order valence-corrected chi connectivity index (χ0v) is 15.5. The Morgan fingerprint density at radius 2 is 1.80 bits per heavy atom. The summed E-state index contributed by atoms with van der Waals surface area (Å²) in [5, 5.41) is 10.6.